The van der Waals surface area contributed by atoms with Gasteiger partial charge in [0.05, 0.1) is 0 Å². The van der Waals surface area contributed by atoms with Crippen molar-refractivity contribution in [2.75, 3.05) is 4.90 Å². The number of hydrogen-bond donors (Lipinski definition) is 0. The van der Waals surface area contributed by atoms with Crippen LogP contribution in [0.15, 0.2) is 248 Å². The van der Waals surface area contributed by atoms with Crippen molar-refractivity contribution in [1.29, 1.82) is 0 Å². The fraction of sp³-hybridized carbons (Fsp3) is 0.0746. The molecule has 0 radical (unpaired) electrons. The van der Waals surface area contributed by atoms with Crippen molar-refractivity contribution in [3.05, 3.63) is 265 Å². The summed E-state index contributed by atoms with van der Waals surface area (Å²) in [6.07, 6.45) is 8.18. The van der Waals surface area contributed by atoms with E-state index in [0.29, 0.717) is 0 Å². The first kappa shape index (κ1) is 40.1. The Balaban J connectivity index is 1.07. The molecule has 1 atom stereocenters. The Morgan fingerprint density at radius 1 is 0.412 bits per heavy atom. The molecular formula is C67H49N. The van der Waals surface area contributed by atoms with Gasteiger partial charge >= 0.3 is 0 Å². The first-order valence-corrected chi connectivity index (χ1v) is 24.0. The lowest BCUT2D eigenvalue weighted by atomic mass is 9.81. The average molecular weight is 868 g/mol. The molecule has 11 aromatic rings. The van der Waals surface area contributed by atoms with E-state index < -0.39 is 0 Å². The maximum Gasteiger partial charge on any atom is 0.0468 e. The SMILES string of the molecule is CC1(C)c2ccccc2-c2ccc(N(C3=CCC(c4cccc5ccccc45)C=C3)c3ccc4c(c3)c3ccccc3c3c(-c5ccccc5)cc(-c5ccccc5)c(-c5ccccc5)c43)cc21. The van der Waals surface area contributed by atoms with Gasteiger partial charge in [0.15, 0.2) is 0 Å². The van der Waals surface area contributed by atoms with Crippen LogP contribution in [0.1, 0.15) is 42.9 Å². The molecule has 0 bridgehead atoms. The summed E-state index contributed by atoms with van der Waals surface area (Å²) in [5, 5.41) is 10.1. The van der Waals surface area contributed by atoms with Crippen LogP contribution in [0.25, 0.3) is 87.6 Å². The van der Waals surface area contributed by atoms with Crippen LogP contribution in [0.3, 0.4) is 0 Å². The third-order valence-corrected chi connectivity index (χ3v) is 15.0. The zero-order valence-electron chi connectivity index (χ0n) is 38.3. The number of allylic oxidation sites excluding steroid dienone is 3. The summed E-state index contributed by atoms with van der Waals surface area (Å²) in [5.74, 6) is 0.279. The first-order chi connectivity index (χ1) is 33.5. The average Bonchev–Trinajstić information content (AvgIpc) is 3.64. The molecule has 1 unspecified atom stereocenters. The fourth-order valence-corrected chi connectivity index (χ4v) is 11.7. The van der Waals surface area contributed by atoms with Gasteiger partial charge in [-0.05, 0) is 147 Å². The summed E-state index contributed by atoms with van der Waals surface area (Å²) >= 11 is 0. The van der Waals surface area contributed by atoms with Gasteiger partial charge in [-0.2, -0.15) is 0 Å². The third-order valence-electron chi connectivity index (χ3n) is 15.0. The molecule has 0 aromatic heterocycles. The van der Waals surface area contributed by atoms with E-state index in [2.05, 4.69) is 261 Å². The number of nitrogens with zero attached hydrogens (tertiary/aromatic N) is 1. The highest BCUT2D eigenvalue weighted by Crippen LogP contribution is 2.53. The van der Waals surface area contributed by atoms with Crippen molar-refractivity contribution in [2.45, 2.75) is 31.6 Å². The normalized spacial score (nSPS) is 14.9. The minimum Gasteiger partial charge on any atom is -0.311 e. The molecule has 68 heavy (non-hydrogen) atoms. The molecule has 0 fully saturated rings. The molecule has 0 aliphatic heterocycles. The Morgan fingerprint density at radius 3 is 1.75 bits per heavy atom. The molecule has 13 rings (SSSR count). The maximum absolute atomic E-state index is 2.52. The van der Waals surface area contributed by atoms with Gasteiger partial charge in [-0.1, -0.05) is 220 Å². The van der Waals surface area contributed by atoms with Gasteiger partial charge in [-0.25, -0.2) is 0 Å². The molecule has 322 valence electrons. The van der Waals surface area contributed by atoms with Crippen LogP contribution in [-0.4, -0.2) is 0 Å². The second kappa shape index (κ2) is 16.0. The van der Waals surface area contributed by atoms with Crippen LogP contribution in [-0.2, 0) is 5.41 Å². The van der Waals surface area contributed by atoms with Crippen molar-refractivity contribution in [3.8, 4) is 44.5 Å². The molecule has 0 saturated carbocycles. The summed E-state index contributed by atoms with van der Waals surface area (Å²) < 4.78 is 0. The van der Waals surface area contributed by atoms with Gasteiger partial charge in [0.25, 0.3) is 0 Å². The molecular weight excluding hydrogens is 819 g/mol. The van der Waals surface area contributed by atoms with Gasteiger partial charge in [0.2, 0.25) is 0 Å². The molecule has 0 saturated heterocycles. The van der Waals surface area contributed by atoms with E-state index in [1.807, 2.05) is 0 Å². The van der Waals surface area contributed by atoms with E-state index >= 15 is 0 Å². The molecule has 0 N–H and O–H groups in total. The van der Waals surface area contributed by atoms with Crippen LogP contribution in [0.2, 0.25) is 0 Å². The number of fused-ring (bicyclic) bond motifs is 10. The van der Waals surface area contributed by atoms with Crippen molar-refractivity contribution in [1.82, 2.24) is 0 Å². The van der Waals surface area contributed by atoms with Gasteiger partial charge in [0.1, 0.15) is 0 Å². The van der Waals surface area contributed by atoms with E-state index in [0.717, 1.165) is 17.8 Å². The quantitative estimate of drug-likeness (QED) is 0.144. The van der Waals surface area contributed by atoms with Crippen LogP contribution in [0, 0.1) is 0 Å². The van der Waals surface area contributed by atoms with Gasteiger partial charge < -0.3 is 4.90 Å². The summed E-state index contributed by atoms with van der Waals surface area (Å²) in [4.78, 5) is 2.52. The maximum atomic E-state index is 2.52. The minimum absolute atomic E-state index is 0.136. The number of benzene rings is 11. The summed E-state index contributed by atoms with van der Waals surface area (Å²) in [6, 6.07) is 83.4. The Morgan fingerprint density at radius 2 is 1.00 bits per heavy atom. The predicted octanol–water partition coefficient (Wildman–Crippen LogP) is 18.4. The Hall–Kier alpha value is -8.26. The van der Waals surface area contributed by atoms with Crippen LogP contribution in [0.5, 0.6) is 0 Å². The van der Waals surface area contributed by atoms with E-state index in [1.165, 1.54) is 110 Å². The van der Waals surface area contributed by atoms with Crippen LogP contribution in [0.4, 0.5) is 11.4 Å². The van der Waals surface area contributed by atoms with Gasteiger partial charge in [-0.3, -0.25) is 0 Å². The zero-order valence-corrected chi connectivity index (χ0v) is 38.3. The van der Waals surface area contributed by atoms with E-state index in [4.69, 9.17) is 0 Å². The Bertz CT molecular complexity index is 3830. The summed E-state index contributed by atoms with van der Waals surface area (Å²) in [7, 11) is 0. The minimum atomic E-state index is -0.136. The van der Waals surface area contributed by atoms with E-state index in [1.54, 1.807) is 0 Å². The standard InChI is InChI=1S/C67H49N/c1-67(2)62-32-17-16-29-55(62)56-39-37-51(42-63(56)67)68(49-35-33-47(34-36-49)53-31-18-26-44-23-12-13-27-52(44)53)50-38-40-58-61(41-50)54-28-14-15-30-57(54)65-60(46-21-8-4-9-22-46)43-59(45-19-6-3-7-20-45)64(66(58)65)48-24-10-5-11-25-48/h3-33,35-43,47H,34H2,1-2H3. The van der Waals surface area contributed by atoms with Crippen molar-refractivity contribution in [2.24, 2.45) is 0 Å². The largest absolute Gasteiger partial charge is 0.311 e. The number of hydrogen-bond acceptors (Lipinski definition) is 1. The number of rotatable bonds is 7. The second-order valence-electron chi connectivity index (χ2n) is 19.1. The molecule has 2 aliphatic rings. The molecule has 0 spiro atoms. The molecule has 1 heteroatoms. The molecule has 0 amide bonds. The lowest BCUT2D eigenvalue weighted by Gasteiger charge is -2.31. The van der Waals surface area contributed by atoms with Crippen LogP contribution < -0.4 is 4.90 Å². The highest BCUT2D eigenvalue weighted by atomic mass is 15.1. The predicted molar refractivity (Wildman–Crippen MR) is 290 cm³/mol. The zero-order chi connectivity index (χ0) is 45.3. The second-order valence-corrected chi connectivity index (χ2v) is 19.1. The molecule has 2 aliphatic carbocycles. The number of anilines is 2. The Labute approximate surface area is 398 Å². The highest BCUT2D eigenvalue weighted by molar-refractivity contribution is 6.33. The highest BCUT2D eigenvalue weighted by Gasteiger charge is 2.36. The smallest absolute Gasteiger partial charge is 0.0468 e. The topological polar surface area (TPSA) is 3.24 Å². The van der Waals surface area contributed by atoms with E-state index in [-0.39, 0.29) is 11.3 Å². The molecule has 11 aromatic carbocycles. The third kappa shape index (κ3) is 6.38. The summed E-state index contributed by atoms with van der Waals surface area (Å²) in [5.41, 5.74) is 17.5. The van der Waals surface area contributed by atoms with Crippen molar-refractivity contribution < 1.29 is 0 Å². The monoisotopic (exact) mass is 867 g/mol. The Kier molecular flexibility index (Phi) is 9.41. The lowest BCUT2D eigenvalue weighted by Crippen LogP contribution is -2.19. The van der Waals surface area contributed by atoms with Gasteiger partial charge in [0, 0.05) is 28.4 Å². The lowest BCUT2D eigenvalue weighted by molar-refractivity contribution is 0.660. The fourth-order valence-electron chi connectivity index (χ4n) is 11.7. The molecule has 0 heterocycles. The van der Waals surface area contributed by atoms with Crippen LogP contribution >= 0.6 is 0 Å². The van der Waals surface area contributed by atoms with Gasteiger partial charge in [-0.15, -0.1) is 0 Å². The van der Waals surface area contributed by atoms with Crippen molar-refractivity contribution >= 4 is 54.5 Å². The summed E-state index contributed by atoms with van der Waals surface area (Å²) in [6.45, 7) is 4.76. The van der Waals surface area contributed by atoms with Crippen molar-refractivity contribution in [3.63, 3.8) is 0 Å². The molecule has 1 nitrogen and oxygen atoms in total. The van der Waals surface area contributed by atoms with E-state index in [9.17, 15) is 0 Å². The first-order valence-electron chi connectivity index (χ1n) is 24.0.